The smallest absolute Gasteiger partial charge is 0.0503 e. The van der Waals surface area contributed by atoms with Crippen LogP contribution in [-0.4, -0.2) is 0 Å². The van der Waals surface area contributed by atoms with Crippen molar-refractivity contribution >= 4 is 0 Å². The minimum absolute atomic E-state index is 0.301. The van der Waals surface area contributed by atoms with E-state index < -0.39 is 0 Å². The summed E-state index contributed by atoms with van der Waals surface area (Å²) in [5, 5.41) is 3.42. The summed E-state index contributed by atoms with van der Waals surface area (Å²) in [4.78, 5) is 0. The van der Waals surface area contributed by atoms with Crippen molar-refractivity contribution < 1.29 is 0 Å². The molecule has 1 heterocycles. The van der Waals surface area contributed by atoms with Gasteiger partial charge in [-0.2, -0.15) is 0 Å². The summed E-state index contributed by atoms with van der Waals surface area (Å²) in [6, 6.07) is 17.4. The predicted octanol–water partition coefficient (Wildman–Crippen LogP) is 4.36. The van der Waals surface area contributed by atoms with Crippen LogP contribution in [0.5, 0.6) is 0 Å². The first kappa shape index (κ1) is 11.3. The van der Waals surface area contributed by atoms with E-state index in [1.54, 1.807) is 0 Å². The van der Waals surface area contributed by atoms with Gasteiger partial charge in [0.25, 0.3) is 0 Å². The first-order valence-corrected chi connectivity index (χ1v) is 6.93. The molecule has 0 spiro atoms. The average molecular weight is 257 g/mol. The summed E-state index contributed by atoms with van der Waals surface area (Å²) in [7, 11) is 0. The Morgan fingerprint density at radius 3 is 2.05 bits per heavy atom. The van der Waals surface area contributed by atoms with Gasteiger partial charge in [-0.25, -0.2) is 0 Å². The average Bonchev–Trinajstić information content (AvgIpc) is 2.65. The second-order valence-electron chi connectivity index (χ2n) is 5.12. The monoisotopic (exact) mass is 257 g/mol. The van der Waals surface area contributed by atoms with Crippen molar-refractivity contribution in [2.24, 2.45) is 0 Å². The second-order valence-corrected chi connectivity index (χ2v) is 5.12. The van der Waals surface area contributed by atoms with E-state index in [-0.39, 0.29) is 0 Å². The van der Waals surface area contributed by atoms with E-state index in [1.165, 1.54) is 28.0 Å². The summed E-state index contributed by atoms with van der Waals surface area (Å²) < 4.78 is 0. The van der Waals surface area contributed by atoms with Gasteiger partial charge in [0.15, 0.2) is 0 Å². The van der Waals surface area contributed by atoms with E-state index in [1.807, 2.05) is 18.4 Å². The topological polar surface area (TPSA) is 12.0 Å². The van der Waals surface area contributed by atoms with Crippen LogP contribution in [0.1, 0.15) is 17.0 Å². The first-order chi connectivity index (χ1) is 9.95. The molecule has 2 aromatic rings. The maximum absolute atomic E-state index is 3.42. The van der Waals surface area contributed by atoms with E-state index in [9.17, 15) is 0 Å². The highest BCUT2D eigenvalue weighted by atomic mass is 14.9. The minimum atomic E-state index is 0.301. The van der Waals surface area contributed by atoms with Crippen molar-refractivity contribution in [3.05, 3.63) is 95.9 Å². The number of hydrogen-bond acceptors (Lipinski definition) is 1. The van der Waals surface area contributed by atoms with Gasteiger partial charge in [0.2, 0.25) is 0 Å². The zero-order chi connectivity index (χ0) is 13.4. The standard InChI is InChI=1S/C19H15N/c1-2-12-18(20-13-7-1)19-16-10-5-3-8-14(16)15-9-4-6-11-17(15)19/h1-13,19-20H. The van der Waals surface area contributed by atoms with E-state index in [2.05, 4.69) is 66.0 Å². The minimum Gasteiger partial charge on any atom is -0.364 e. The molecule has 0 radical (unpaired) electrons. The molecular weight excluding hydrogens is 242 g/mol. The Hall–Kier alpha value is -2.54. The zero-order valence-corrected chi connectivity index (χ0v) is 11.1. The van der Waals surface area contributed by atoms with Crippen LogP contribution in [0, 0.1) is 0 Å². The van der Waals surface area contributed by atoms with Crippen molar-refractivity contribution in [2.45, 2.75) is 5.92 Å². The van der Waals surface area contributed by atoms with Crippen molar-refractivity contribution in [1.29, 1.82) is 0 Å². The summed E-state index contributed by atoms with van der Waals surface area (Å²) in [6.45, 7) is 0. The second kappa shape index (κ2) is 4.53. The largest absolute Gasteiger partial charge is 0.364 e. The fourth-order valence-electron chi connectivity index (χ4n) is 3.14. The highest BCUT2D eigenvalue weighted by Crippen LogP contribution is 2.47. The molecule has 0 bridgehead atoms. The molecule has 4 rings (SSSR count). The summed E-state index contributed by atoms with van der Waals surface area (Å²) in [6.07, 6.45) is 10.3. The van der Waals surface area contributed by atoms with Crippen molar-refractivity contribution in [2.75, 3.05) is 0 Å². The molecule has 1 heteroatoms. The Labute approximate surface area is 119 Å². The molecule has 0 fully saturated rings. The number of rotatable bonds is 1. The Kier molecular flexibility index (Phi) is 2.56. The Bertz CT molecular complexity index is 704. The Balaban J connectivity index is 1.94. The SMILES string of the molecule is C1=CC=C(C2c3ccccc3-c3ccccc32)NC=C1. The Morgan fingerprint density at radius 1 is 0.700 bits per heavy atom. The maximum atomic E-state index is 3.42. The number of fused-ring (bicyclic) bond motifs is 3. The Morgan fingerprint density at radius 2 is 1.35 bits per heavy atom. The third-order valence-corrected chi connectivity index (χ3v) is 3.99. The summed E-state index contributed by atoms with van der Waals surface area (Å²) >= 11 is 0. The molecular formula is C19H15N. The van der Waals surface area contributed by atoms with Crippen LogP contribution >= 0.6 is 0 Å². The van der Waals surface area contributed by atoms with Gasteiger partial charge >= 0.3 is 0 Å². The van der Waals surface area contributed by atoms with Gasteiger partial charge in [0, 0.05) is 11.9 Å². The third-order valence-electron chi connectivity index (χ3n) is 3.99. The number of nitrogens with one attached hydrogen (secondary N) is 1. The van der Waals surface area contributed by atoms with Gasteiger partial charge in [0.1, 0.15) is 0 Å². The predicted molar refractivity (Wildman–Crippen MR) is 83.2 cm³/mol. The molecule has 0 saturated carbocycles. The van der Waals surface area contributed by atoms with Gasteiger partial charge in [-0.15, -0.1) is 0 Å². The third kappa shape index (κ3) is 1.64. The lowest BCUT2D eigenvalue weighted by atomic mass is 9.93. The van der Waals surface area contributed by atoms with Crippen molar-refractivity contribution in [1.82, 2.24) is 5.32 Å². The van der Waals surface area contributed by atoms with Crippen LogP contribution in [0.3, 0.4) is 0 Å². The van der Waals surface area contributed by atoms with Crippen molar-refractivity contribution in [3.63, 3.8) is 0 Å². The maximum Gasteiger partial charge on any atom is 0.0503 e. The molecule has 2 aliphatic rings. The summed E-state index contributed by atoms with van der Waals surface area (Å²) in [5.41, 5.74) is 6.71. The van der Waals surface area contributed by atoms with Crippen LogP contribution in [0.25, 0.3) is 11.1 Å². The lowest BCUT2D eigenvalue weighted by Crippen LogP contribution is -2.13. The zero-order valence-electron chi connectivity index (χ0n) is 11.1. The van der Waals surface area contributed by atoms with Crippen LogP contribution in [0.15, 0.2) is 84.7 Å². The molecule has 0 aromatic heterocycles. The van der Waals surface area contributed by atoms with E-state index in [4.69, 9.17) is 0 Å². The lowest BCUT2D eigenvalue weighted by Gasteiger charge is -2.17. The highest BCUT2D eigenvalue weighted by molar-refractivity contribution is 5.80. The van der Waals surface area contributed by atoms with Crippen LogP contribution in [0.4, 0.5) is 0 Å². The number of benzene rings is 2. The molecule has 1 aliphatic heterocycles. The quantitative estimate of drug-likeness (QED) is 0.800. The fourth-order valence-corrected chi connectivity index (χ4v) is 3.14. The molecule has 0 atom stereocenters. The van der Waals surface area contributed by atoms with E-state index >= 15 is 0 Å². The molecule has 1 N–H and O–H groups in total. The van der Waals surface area contributed by atoms with Crippen molar-refractivity contribution in [3.8, 4) is 11.1 Å². The number of hydrogen-bond donors (Lipinski definition) is 1. The molecule has 0 amide bonds. The molecule has 96 valence electrons. The molecule has 0 saturated heterocycles. The summed E-state index contributed by atoms with van der Waals surface area (Å²) in [5.74, 6) is 0.301. The van der Waals surface area contributed by atoms with Crippen LogP contribution in [-0.2, 0) is 0 Å². The highest BCUT2D eigenvalue weighted by Gasteiger charge is 2.30. The molecule has 0 unspecified atom stereocenters. The fraction of sp³-hybridized carbons (Fsp3) is 0.0526. The molecule has 2 aromatic carbocycles. The van der Waals surface area contributed by atoms with Crippen LogP contribution in [0.2, 0.25) is 0 Å². The lowest BCUT2D eigenvalue weighted by molar-refractivity contribution is 0.876. The molecule has 20 heavy (non-hydrogen) atoms. The van der Waals surface area contributed by atoms with Gasteiger partial charge in [-0.3, -0.25) is 0 Å². The van der Waals surface area contributed by atoms with Gasteiger partial charge in [-0.1, -0.05) is 60.7 Å². The van der Waals surface area contributed by atoms with E-state index in [0.717, 1.165) is 0 Å². The van der Waals surface area contributed by atoms with Gasteiger partial charge in [0.05, 0.1) is 5.92 Å². The molecule has 1 nitrogen and oxygen atoms in total. The van der Waals surface area contributed by atoms with E-state index in [0.29, 0.717) is 5.92 Å². The van der Waals surface area contributed by atoms with Crippen LogP contribution < -0.4 is 5.32 Å². The first-order valence-electron chi connectivity index (χ1n) is 6.93. The van der Waals surface area contributed by atoms with Gasteiger partial charge in [-0.05, 0) is 34.4 Å². The van der Waals surface area contributed by atoms with Gasteiger partial charge < -0.3 is 5.32 Å². The molecule has 1 aliphatic carbocycles. The normalized spacial score (nSPS) is 16.1. The number of allylic oxidation sites excluding steroid dienone is 5.